The van der Waals surface area contributed by atoms with Crippen LogP contribution in [0.15, 0.2) is 42.5 Å². The molecule has 28 heavy (non-hydrogen) atoms. The maximum Gasteiger partial charge on any atom is 0.119 e. The highest BCUT2D eigenvalue weighted by Gasteiger charge is 2.46. The fourth-order valence-electron chi connectivity index (χ4n) is 3.40. The van der Waals surface area contributed by atoms with Crippen molar-refractivity contribution in [1.82, 2.24) is 0 Å². The molecule has 1 unspecified atom stereocenters. The van der Waals surface area contributed by atoms with Crippen LogP contribution in [0, 0.1) is 0 Å². The van der Waals surface area contributed by atoms with Crippen LogP contribution in [0.4, 0.5) is 0 Å². The number of halogens is 1. The molecule has 1 heterocycles. The van der Waals surface area contributed by atoms with Crippen molar-refractivity contribution in [3.05, 3.63) is 64.2 Å². The summed E-state index contributed by atoms with van der Waals surface area (Å²) in [4.78, 5) is 0. The number of aliphatic hydroxyl groups excluding tert-OH is 4. The second kappa shape index (κ2) is 9.22. The van der Waals surface area contributed by atoms with Crippen molar-refractivity contribution in [2.45, 2.75) is 43.9 Å². The van der Waals surface area contributed by atoms with Crippen LogP contribution < -0.4 is 4.74 Å². The molecule has 0 spiro atoms. The van der Waals surface area contributed by atoms with Gasteiger partial charge in [0.25, 0.3) is 0 Å². The topological polar surface area (TPSA) is 99.4 Å². The molecule has 5 atom stereocenters. The Morgan fingerprint density at radius 1 is 1.11 bits per heavy atom. The molecule has 0 aromatic heterocycles. The molecule has 3 rings (SSSR count). The van der Waals surface area contributed by atoms with Gasteiger partial charge in [0.05, 0.1) is 13.2 Å². The van der Waals surface area contributed by atoms with Gasteiger partial charge in [-0.05, 0) is 48.2 Å². The van der Waals surface area contributed by atoms with Crippen molar-refractivity contribution >= 4 is 11.6 Å². The fraction of sp³-hybridized carbons (Fsp3) is 0.429. The van der Waals surface area contributed by atoms with Crippen molar-refractivity contribution in [2.24, 2.45) is 0 Å². The standard InChI is InChI=1S/C21H25ClO6/c1-2-27-15-6-3-12(4-7-15)9-14-10-13(5-8-16(14)22)20-18(25)19(26)21(28-20)17(24)11-23/h3-8,10,17-21,23-26H,2,9,11H2,1H3/t17?,18-,19-,20+,21-/m1/s1. The van der Waals surface area contributed by atoms with Crippen molar-refractivity contribution in [3.63, 3.8) is 0 Å². The molecule has 6 nitrogen and oxygen atoms in total. The number of aliphatic hydroxyl groups is 4. The van der Waals surface area contributed by atoms with Crippen LogP contribution >= 0.6 is 11.6 Å². The van der Waals surface area contributed by atoms with Gasteiger partial charge in [0, 0.05) is 5.02 Å². The summed E-state index contributed by atoms with van der Waals surface area (Å²) in [5, 5.41) is 40.0. The highest BCUT2D eigenvalue weighted by molar-refractivity contribution is 6.31. The van der Waals surface area contributed by atoms with Crippen molar-refractivity contribution < 1.29 is 29.9 Å². The molecule has 0 bridgehead atoms. The lowest BCUT2D eigenvalue weighted by molar-refractivity contribution is -0.0820. The molecule has 2 aromatic rings. The van der Waals surface area contributed by atoms with Gasteiger partial charge in [-0.15, -0.1) is 0 Å². The molecule has 2 aromatic carbocycles. The predicted octanol–water partition coefficient (Wildman–Crippen LogP) is 1.84. The molecule has 1 fully saturated rings. The SMILES string of the molecule is CCOc1ccc(Cc2cc([C@@H]3O[C@H](C(O)CO)[C@H](O)[C@H]3O)ccc2Cl)cc1. The zero-order valence-electron chi connectivity index (χ0n) is 15.5. The summed E-state index contributed by atoms with van der Waals surface area (Å²) in [5.74, 6) is 0.802. The first-order chi connectivity index (χ1) is 13.4. The molecule has 1 aliphatic rings. The van der Waals surface area contributed by atoms with Crippen LogP contribution in [0.3, 0.4) is 0 Å². The number of ether oxygens (including phenoxy) is 2. The van der Waals surface area contributed by atoms with Crippen molar-refractivity contribution in [2.75, 3.05) is 13.2 Å². The summed E-state index contributed by atoms with van der Waals surface area (Å²) in [6.07, 6.45) is -5.09. The summed E-state index contributed by atoms with van der Waals surface area (Å²) in [6, 6.07) is 13.0. The molecule has 0 amide bonds. The van der Waals surface area contributed by atoms with E-state index in [1.54, 1.807) is 12.1 Å². The molecule has 4 N–H and O–H groups in total. The normalized spacial score (nSPS) is 25.6. The Hall–Kier alpha value is -1.67. The monoisotopic (exact) mass is 408 g/mol. The van der Waals surface area contributed by atoms with Crippen LogP contribution in [-0.2, 0) is 11.2 Å². The number of hydrogen-bond acceptors (Lipinski definition) is 6. The van der Waals surface area contributed by atoms with Gasteiger partial charge in [0.15, 0.2) is 0 Å². The lowest BCUT2D eigenvalue weighted by Gasteiger charge is -2.19. The maximum atomic E-state index is 10.3. The highest BCUT2D eigenvalue weighted by atomic mass is 35.5. The quantitative estimate of drug-likeness (QED) is 0.558. The Labute approximate surface area is 168 Å². The summed E-state index contributed by atoms with van der Waals surface area (Å²) in [7, 11) is 0. The third kappa shape index (κ3) is 4.49. The van der Waals surface area contributed by atoms with Gasteiger partial charge in [-0.3, -0.25) is 0 Å². The Morgan fingerprint density at radius 3 is 2.46 bits per heavy atom. The van der Waals surface area contributed by atoms with Crippen molar-refractivity contribution in [1.29, 1.82) is 0 Å². The van der Waals surface area contributed by atoms with E-state index in [2.05, 4.69) is 0 Å². The molecule has 0 aliphatic carbocycles. The zero-order chi connectivity index (χ0) is 20.3. The molecule has 1 aliphatic heterocycles. The Balaban J connectivity index is 1.79. The van der Waals surface area contributed by atoms with Gasteiger partial charge in [-0.1, -0.05) is 35.9 Å². The molecule has 7 heteroatoms. The maximum absolute atomic E-state index is 10.3. The van der Waals surface area contributed by atoms with Gasteiger partial charge in [0.2, 0.25) is 0 Å². The Morgan fingerprint density at radius 2 is 1.82 bits per heavy atom. The summed E-state index contributed by atoms with van der Waals surface area (Å²) in [6.45, 7) is 1.97. The average Bonchev–Trinajstić information content (AvgIpc) is 3.00. The van der Waals surface area contributed by atoms with E-state index in [0.717, 1.165) is 16.9 Å². The van der Waals surface area contributed by atoms with E-state index < -0.39 is 37.1 Å². The van der Waals surface area contributed by atoms with Gasteiger partial charge >= 0.3 is 0 Å². The van der Waals surface area contributed by atoms with E-state index in [-0.39, 0.29) is 0 Å². The highest BCUT2D eigenvalue weighted by Crippen LogP contribution is 2.36. The summed E-state index contributed by atoms with van der Waals surface area (Å²) >= 11 is 6.35. The van der Waals surface area contributed by atoms with Gasteiger partial charge in [-0.25, -0.2) is 0 Å². The van der Waals surface area contributed by atoms with Crippen LogP contribution in [0.25, 0.3) is 0 Å². The lowest BCUT2D eigenvalue weighted by atomic mass is 9.96. The molecule has 1 saturated heterocycles. The van der Waals surface area contributed by atoms with E-state index in [4.69, 9.17) is 26.2 Å². The fourth-order valence-corrected chi connectivity index (χ4v) is 3.58. The van der Waals surface area contributed by atoms with E-state index in [1.165, 1.54) is 0 Å². The minimum absolute atomic E-state index is 0.565. The first-order valence-corrected chi connectivity index (χ1v) is 9.63. The molecule has 152 valence electrons. The first kappa shape index (κ1) is 21.0. The second-order valence-electron chi connectivity index (χ2n) is 6.86. The molecule has 0 saturated carbocycles. The second-order valence-corrected chi connectivity index (χ2v) is 7.26. The largest absolute Gasteiger partial charge is 0.494 e. The third-order valence-corrected chi connectivity index (χ3v) is 5.26. The van der Waals surface area contributed by atoms with Crippen LogP contribution in [-0.4, -0.2) is 58.1 Å². The minimum Gasteiger partial charge on any atom is -0.494 e. The number of benzene rings is 2. The summed E-state index contributed by atoms with van der Waals surface area (Å²) < 4.78 is 11.1. The van der Waals surface area contributed by atoms with E-state index in [9.17, 15) is 15.3 Å². The molecule has 0 radical (unpaired) electrons. The van der Waals surface area contributed by atoms with E-state index in [1.807, 2.05) is 37.3 Å². The van der Waals surface area contributed by atoms with Gasteiger partial charge in [-0.2, -0.15) is 0 Å². The Kier molecular flexibility index (Phi) is 6.93. The predicted molar refractivity (Wildman–Crippen MR) is 105 cm³/mol. The van der Waals surface area contributed by atoms with Gasteiger partial charge < -0.3 is 29.9 Å². The zero-order valence-corrected chi connectivity index (χ0v) is 16.3. The smallest absolute Gasteiger partial charge is 0.119 e. The lowest BCUT2D eigenvalue weighted by Crippen LogP contribution is -2.40. The minimum atomic E-state index is -1.29. The Bertz CT molecular complexity index is 781. The first-order valence-electron chi connectivity index (χ1n) is 9.25. The van der Waals surface area contributed by atoms with Crippen LogP contribution in [0.5, 0.6) is 5.75 Å². The van der Waals surface area contributed by atoms with Gasteiger partial charge in [0.1, 0.15) is 36.3 Å². The third-order valence-electron chi connectivity index (χ3n) is 4.89. The molecular formula is C21H25ClO6. The van der Waals surface area contributed by atoms with Crippen LogP contribution in [0.1, 0.15) is 29.7 Å². The van der Waals surface area contributed by atoms with Crippen LogP contribution in [0.2, 0.25) is 5.02 Å². The van der Waals surface area contributed by atoms with E-state index >= 15 is 0 Å². The number of rotatable bonds is 7. The average molecular weight is 409 g/mol. The van der Waals surface area contributed by atoms with E-state index in [0.29, 0.717) is 23.6 Å². The van der Waals surface area contributed by atoms with Crippen molar-refractivity contribution in [3.8, 4) is 5.75 Å². The molecular weight excluding hydrogens is 384 g/mol. The number of hydrogen-bond donors (Lipinski definition) is 4. The summed E-state index contributed by atoms with van der Waals surface area (Å²) in [5.41, 5.74) is 2.54.